The van der Waals surface area contributed by atoms with E-state index in [1.54, 1.807) is 6.20 Å². The highest BCUT2D eigenvalue weighted by Crippen LogP contribution is 2.14. The summed E-state index contributed by atoms with van der Waals surface area (Å²) >= 11 is 0. The third-order valence-corrected chi connectivity index (χ3v) is 2.93. The first-order chi connectivity index (χ1) is 7.18. The van der Waals surface area contributed by atoms with E-state index in [1.807, 2.05) is 18.0 Å². The average Bonchev–Trinajstić information content (AvgIpc) is 2.63. The second-order valence-corrected chi connectivity index (χ2v) is 4.21. The Morgan fingerprint density at radius 2 is 2.31 bits per heavy atom. The highest BCUT2D eigenvalue weighted by atomic mass is 35.5. The van der Waals surface area contributed by atoms with E-state index in [-0.39, 0.29) is 24.4 Å². The van der Waals surface area contributed by atoms with Crippen LogP contribution in [0.1, 0.15) is 28.8 Å². The van der Waals surface area contributed by atoms with Crippen molar-refractivity contribution in [2.45, 2.75) is 25.8 Å². The van der Waals surface area contributed by atoms with Gasteiger partial charge in [-0.3, -0.25) is 4.79 Å². The third kappa shape index (κ3) is 2.57. The molecular weight excluding hydrogens is 226 g/mol. The fourth-order valence-corrected chi connectivity index (χ4v) is 2.04. The van der Waals surface area contributed by atoms with Crippen LogP contribution < -0.4 is 5.73 Å². The quantitative estimate of drug-likeness (QED) is 0.781. The fraction of sp³-hybridized carbons (Fsp3) is 0.545. The fourth-order valence-electron chi connectivity index (χ4n) is 2.04. The van der Waals surface area contributed by atoms with Gasteiger partial charge in [0.15, 0.2) is 0 Å². The SMILES string of the molecule is Cc1c[nH]cc1C(=O)N1CCCC(N)C1.Cl. The molecule has 0 aromatic carbocycles. The molecule has 1 aliphatic heterocycles. The van der Waals surface area contributed by atoms with Crippen molar-refractivity contribution in [2.75, 3.05) is 13.1 Å². The van der Waals surface area contributed by atoms with Crippen LogP contribution in [0.3, 0.4) is 0 Å². The van der Waals surface area contributed by atoms with Crippen molar-refractivity contribution in [1.29, 1.82) is 0 Å². The minimum Gasteiger partial charge on any atom is -0.367 e. The number of hydrogen-bond acceptors (Lipinski definition) is 2. The molecule has 0 aliphatic carbocycles. The number of carbonyl (C=O) groups is 1. The second kappa shape index (κ2) is 5.37. The van der Waals surface area contributed by atoms with E-state index >= 15 is 0 Å². The van der Waals surface area contributed by atoms with Crippen LogP contribution in [0.2, 0.25) is 0 Å². The lowest BCUT2D eigenvalue weighted by Gasteiger charge is -2.30. The lowest BCUT2D eigenvalue weighted by Crippen LogP contribution is -2.45. The summed E-state index contributed by atoms with van der Waals surface area (Å²) in [6, 6.07) is 0.141. The van der Waals surface area contributed by atoms with Gasteiger partial charge in [-0.15, -0.1) is 12.4 Å². The second-order valence-electron chi connectivity index (χ2n) is 4.21. The van der Waals surface area contributed by atoms with Gasteiger partial charge in [0, 0.05) is 31.5 Å². The Hall–Kier alpha value is -1.00. The van der Waals surface area contributed by atoms with Crippen molar-refractivity contribution in [3.63, 3.8) is 0 Å². The molecule has 0 spiro atoms. The average molecular weight is 244 g/mol. The molecule has 1 fully saturated rings. The van der Waals surface area contributed by atoms with E-state index < -0.39 is 0 Å². The molecule has 3 N–H and O–H groups in total. The first-order valence-electron chi connectivity index (χ1n) is 5.36. The Labute approximate surface area is 102 Å². The summed E-state index contributed by atoms with van der Waals surface area (Å²) in [6.45, 7) is 3.45. The van der Waals surface area contributed by atoms with E-state index in [1.165, 1.54) is 0 Å². The van der Waals surface area contributed by atoms with Crippen LogP contribution in [0.25, 0.3) is 0 Å². The Morgan fingerprint density at radius 3 is 2.88 bits per heavy atom. The summed E-state index contributed by atoms with van der Waals surface area (Å²) in [7, 11) is 0. The number of aromatic amines is 1. The van der Waals surface area contributed by atoms with Gasteiger partial charge in [0.25, 0.3) is 5.91 Å². The van der Waals surface area contributed by atoms with Crippen molar-refractivity contribution in [1.82, 2.24) is 9.88 Å². The zero-order valence-corrected chi connectivity index (χ0v) is 10.2. The number of nitrogens with zero attached hydrogens (tertiary/aromatic N) is 1. The molecule has 5 heteroatoms. The monoisotopic (exact) mass is 243 g/mol. The lowest BCUT2D eigenvalue weighted by atomic mass is 10.1. The van der Waals surface area contributed by atoms with Gasteiger partial charge in [0.05, 0.1) is 5.56 Å². The molecule has 4 nitrogen and oxygen atoms in total. The summed E-state index contributed by atoms with van der Waals surface area (Å²) in [5.41, 5.74) is 7.62. The van der Waals surface area contributed by atoms with Crippen molar-refractivity contribution in [3.05, 3.63) is 23.5 Å². The summed E-state index contributed by atoms with van der Waals surface area (Å²) in [5, 5.41) is 0. The van der Waals surface area contributed by atoms with E-state index in [0.29, 0.717) is 6.54 Å². The Balaban J connectivity index is 0.00000128. The molecule has 1 atom stereocenters. The first-order valence-corrected chi connectivity index (χ1v) is 5.36. The van der Waals surface area contributed by atoms with Crippen LogP contribution in [0, 0.1) is 6.92 Å². The molecule has 2 heterocycles. The molecule has 1 amide bonds. The van der Waals surface area contributed by atoms with Gasteiger partial charge >= 0.3 is 0 Å². The number of hydrogen-bond donors (Lipinski definition) is 2. The molecule has 1 unspecified atom stereocenters. The number of piperidine rings is 1. The lowest BCUT2D eigenvalue weighted by molar-refractivity contribution is 0.0708. The van der Waals surface area contributed by atoms with Crippen LogP contribution in [-0.4, -0.2) is 34.9 Å². The van der Waals surface area contributed by atoms with Gasteiger partial charge in [-0.2, -0.15) is 0 Å². The normalized spacial score (nSPS) is 20.4. The van der Waals surface area contributed by atoms with Crippen molar-refractivity contribution >= 4 is 18.3 Å². The minimum atomic E-state index is 0. The molecule has 90 valence electrons. The summed E-state index contributed by atoms with van der Waals surface area (Å²) in [6.07, 6.45) is 5.64. The van der Waals surface area contributed by atoms with Crippen LogP contribution >= 0.6 is 12.4 Å². The summed E-state index contributed by atoms with van der Waals surface area (Å²) in [5.74, 6) is 0.101. The standard InChI is InChI=1S/C11H17N3O.ClH/c1-8-5-13-6-10(8)11(15)14-4-2-3-9(12)7-14;/h5-6,9,13H,2-4,7,12H2,1H3;1H. The van der Waals surface area contributed by atoms with Crippen LogP contribution in [0.15, 0.2) is 12.4 Å². The van der Waals surface area contributed by atoms with E-state index in [0.717, 1.165) is 30.5 Å². The van der Waals surface area contributed by atoms with E-state index in [9.17, 15) is 4.79 Å². The number of aryl methyl sites for hydroxylation is 1. The van der Waals surface area contributed by atoms with Gasteiger partial charge in [0.1, 0.15) is 0 Å². The van der Waals surface area contributed by atoms with Gasteiger partial charge in [-0.25, -0.2) is 0 Å². The van der Waals surface area contributed by atoms with Crippen molar-refractivity contribution in [2.24, 2.45) is 5.73 Å². The summed E-state index contributed by atoms with van der Waals surface area (Å²) in [4.78, 5) is 16.9. The Kier molecular flexibility index (Phi) is 4.38. The molecule has 0 saturated carbocycles. The number of nitrogens with two attached hydrogens (primary N) is 1. The summed E-state index contributed by atoms with van der Waals surface area (Å²) < 4.78 is 0. The largest absolute Gasteiger partial charge is 0.367 e. The Bertz CT molecular complexity index is 364. The number of nitrogens with one attached hydrogen (secondary N) is 1. The molecule has 2 rings (SSSR count). The number of H-pyrrole nitrogens is 1. The number of halogens is 1. The maximum atomic E-state index is 12.1. The number of likely N-dealkylation sites (tertiary alicyclic amines) is 1. The molecule has 16 heavy (non-hydrogen) atoms. The predicted molar refractivity (Wildman–Crippen MR) is 65.9 cm³/mol. The topological polar surface area (TPSA) is 62.1 Å². The molecule has 1 aromatic rings. The molecule has 0 bridgehead atoms. The number of rotatable bonds is 1. The molecular formula is C11H18ClN3O. The third-order valence-electron chi connectivity index (χ3n) is 2.93. The van der Waals surface area contributed by atoms with Gasteiger partial charge in [-0.1, -0.05) is 0 Å². The van der Waals surface area contributed by atoms with Gasteiger partial charge < -0.3 is 15.6 Å². The van der Waals surface area contributed by atoms with Crippen LogP contribution in [-0.2, 0) is 0 Å². The number of aromatic nitrogens is 1. The van der Waals surface area contributed by atoms with E-state index in [4.69, 9.17) is 5.73 Å². The van der Waals surface area contributed by atoms with Gasteiger partial charge in [-0.05, 0) is 25.3 Å². The van der Waals surface area contributed by atoms with Crippen LogP contribution in [0.5, 0.6) is 0 Å². The smallest absolute Gasteiger partial charge is 0.255 e. The molecule has 0 radical (unpaired) electrons. The van der Waals surface area contributed by atoms with Crippen molar-refractivity contribution < 1.29 is 4.79 Å². The Morgan fingerprint density at radius 1 is 1.56 bits per heavy atom. The maximum Gasteiger partial charge on any atom is 0.255 e. The maximum absolute atomic E-state index is 12.1. The highest BCUT2D eigenvalue weighted by Gasteiger charge is 2.23. The van der Waals surface area contributed by atoms with Crippen LogP contribution in [0.4, 0.5) is 0 Å². The van der Waals surface area contributed by atoms with Gasteiger partial charge in [0.2, 0.25) is 0 Å². The highest BCUT2D eigenvalue weighted by molar-refractivity contribution is 5.95. The molecule has 1 saturated heterocycles. The zero-order chi connectivity index (χ0) is 10.8. The number of carbonyl (C=O) groups excluding carboxylic acids is 1. The van der Waals surface area contributed by atoms with E-state index in [2.05, 4.69) is 4.98 Å². The first kappa shape index (κ1) is 13.1. The number of amides is 1. The molecule has 1 aliphatic rings. The zero-order valence-electron chi connectivity index (χ0n) is 9.40. The predicted octanol–water partition coefficient (Wildman–Crippen LogP) is 1.31. The molecule has 1 aromatic heterocycles. The van der Waals surface area contributed by atoms with Crippen molar-refractivity contribution in [3.8, 4) is 0 Å². The minimum absolute atomic E-state index is 0.